The molecule has 0 aliphatic rings. The Morgan fingerprint density at radius 1 is 1.22 bits per heavy atom. The van der Waals surface area contributed by atoms with Crippen LogP contribution >= 0.6 is 44.5 Å². The van der Waals surface area contributed by atoms with Crippen LogP contribution in [-0.2, 0) is 0 Å². The molecule has 2 nitrogen and oxygen atoms in total. The maximum absolute atomic E-state index is 5.86. The Hall–Kier alpha value is -0.230. The van der Waals surface area contributed by atoms with Gasteiger partial charge in [0.15, 0.2) is 4.34 Å². The molecule has 0 bridgehead atoms. The monoisotopic (exact) mass is 316 g/mol. The third kappa shape index (κ3) is 4.16. The average molecular weight is 317 g/mol. The molecule has 6 heteroatoms. The molecule has 0 unspecified atom stereocenters. The average Bonchev–Trinajstić information content (AvgIpc) is 2.84. The van der Waals surface area contributed by atoms with E-state index in [1.165, 1.54) is 12.8 Å². The molecule has 0 saturated heterocycles. The third-order valence-electron chi connectivity index (χ3n) is 2.21. The summed E-state index contributed by atoms with van der Waals surface area (Å²) in [6, 6.07) is 7.70. The highest BCUT2D eigenvalue weighted by molar-refractivity contribution is 8.77. The van der Waals surface area contributed by atoms with Crippen LogP contribution in [0.3, 0.4) is 0 Å². The number of aromatic nitrogens is 2. The Morgan fingerprint density at radius 3 is 2.72 bits per heavy atom. The fourth-order valence-electron chi connectivity index (χ4n) is 1.25. The lowest BCUT2D eigenvalue weighted by Crippen LogP contribution is -1.75. The van der Waals surface area contributed by atoms with E-state index in [9.17, 15) is 0 Å². The van der Waals surface area contributed by atoms with Crippen LogP contribution in [-0.4, -0.2) is 16.0 Å². The third-order valence-corrected chi connectivity index (χ3v) is 6.17. The normalized spacial score (nSPS) is 10.8. The van der Waals surface area contributed by atoms with E-state index in [1.807, 2.05) is 35.1 Å². The molecule has 2 rings (SSSR count). The Balaban J connectivity index is 1.95. The molecule has 1 aromatic carbocycles. The predicted octanol–water partition coefficient (Wildman–Crippen LogP) is 5.40. The quantitative estimate of drug-likeness (QED) is 0.526. The summed E-state index contributed by atoms with van der Waals surface area (Å²) in [5.74, 6) is 1.16. The molecule has 0 aliphatic carbocycles. The van der Waals surface area contributed by atoms with Crippen LogP contribution in [0.5, 0.6) is 0 Å². The molecule has 0 N–H and O–H groups in total. The number of rotatable bonds is 6. The smallest absolute Gasteiger partial charge is 0.137 e. The number of hydrogen-bond donors (Lipinski definition) is 0. The van der Waals surface area contributed by atoms with Gasteiger partial charge >= 0.3 is 0 Å². The number of benzene rings is 1. The van der Waals surface area contributed by atoms with Gasteiger partial charge in [-0.05, 0) is 29.3 Å². The largest absolute Gasteiger partial charge is 0.185 e. The van der Waals surface area contributed by atoms with Gasteiger partial charge in [-0.3, -0.25) is 0 Å². The molecule has 1 aromatic heterocycles. The van der Waals surface area contributed by atoms with Crippen molar-refractivity contribution >= 4 is 44.5 Å². The zero-order valence-corrected chi connectivity index (χ0v) is 13.1. The summed E-state index contributed by atoms with van der Waals surface area (Å²) in [5, 5.41) is 10.1. The van der Waals surface area contributed by atoms with E-state index >= 15 is 0 Å². The first-order chi connectivity index (χ1) is 8.79. The Bertz CT molecular complexity index is 484. The standard InChI is InChI=1S/C12H13ClN2S3/c1-2-3-8-16-18-12-15-14-11(17-12)9-4-6-10(13)7-5-9/h4-7H,2-3,8H2,1H3. The van der Waals surface area contributed by atoms with Crippen LogP contribution in [0.4, 0.5) is 0 Å². The second-order valence-corrected chi connectivity index (χ2v) is 7.72. The van der Waals surface area contributed by atoms with Crippen molar-refractivity contribution in [1.82, 2.24) is 10.2 Å². The molecule has 0 fully saturated rings. The van der Waals surface area contributed by atoms with Crippen molar-refractivity contribution in [1.29, 1.82) is 0 Å². The first kappa shape index (κ1) is 14.2. The topological polar surface area (TPSA) is 25.8 Å². The molecular formula is C12H13ClN2S3. The molecule has 18 heavy (non-hydrogen) atoms. The van der Waals surface area contributed by atoms with E-state index in [0.29, 0.717) is 0 Å². The highest BCUT2D eigenvalue weighted by Crippen LogP contribution is 2.36. The van der Waals surface area contributed by atoms with Crippen molar-refractivity contribution in [2.45, 2.75) is 24.1 Å². The van der Waals surface area contributed by atoms with Crippen molar-refractivity contribution in [3.63, 3.8) is 0 Å². The molecule has 96 valence electrons. The van der Waals surface area contributed by atoms with Gasteiger partial charge in [-0.1, -0.05) is 59.2 Å². The summed E-state index contributed by atoms with van der Waals surface area (Å²) in [7, 11) is 3.56. The van der Waals surface area contributed by atoms with Crippen LogP contribution in [0.15, 0.2) is 28.6 Å². The van der Waals surface area contributed by atoms with Crippen LogP contribution in [0.25, 0.3) is 10.6 Å². The second-order valence-electron chi connectivity index (χ2n) is 3.64. The van der Waals surface area contributed by atoms with Gasteiger partial charge in [0.05, 0.1) is 0 Å². The SMILES string of the molecule is CCCCSSc1nnc(-c2ccc(Cl)cc2)s1. The minimum atomic E-state index is 0.744. The fourth-order valence-corrected chi connectivity index (χ4v) is 4.74. The number of unbranched alkanes of at least 4 members (excludes halogenated alkanes) is 1. The number of hydrogen-bond acceptors (Lipinski definition) is 5. The van der Waals surface area contributed by atoms with Crippen molar-refractivity contribution in [3.8, 4) is 10.6 Å². The van der Waals surface area contributed by atoms with Gasteiger partial charge in [-0.2, -0.15) is 0 Å². The van der Waals surface area contributed by atoms with Gasteiger partial charge in [0, 0.05) is 16.3 Å². The maximum Gasteiger partial charge on any atom is 0.185 e. The number of nitrogens with zero attached hydrogens (tertiary/aromatic N) is 2. The van der Waals surface area contributed by atoms with E-state index in [-0.39, 0.29) is 0 Å². The summed E-state index contributed by atoms with van der Waals surface area (Å²) >= 11 is 7.49. The Morgan fingerprint density at radius 2 is 2.00 bits per heavy atom. The second kappa shape index (κ2) is 7.38. The highest BCUT2D eigenvalue weighted by atomic mass is 35.5. The lowest BCUT2D eigenvalue weighted by molar-refractivity contribution is 0.898. The molecule has 0 aliphatic heterocycles. The summed E-state index contributed by atoms with van der Waals surface area (Å²) in [6.07, 6.45) is 2.49. The number of halogens is 1. The predicted molar refractivity (Wildman–Crippen MR) is 83.6 cm³/mol. The van der Waals surface area contributed by atoms with Crippen molar-refractivity contribution in [2.75, 3.05) is 5.75 Å². The minimum absolute atomic E-state index is 0.744. The zero-order chi connectivity index (χ0) is 12.8. The van der Waals surface area contributed by atoms with Crippen LogP contribution in [0.2, 0.25) is 5.02 Å². The maximum atomic E-state index is 5.86. The van der Waals surface area contributed by atoms with Crippen molar-refractivity contribution in [3.05, 3.63) is 29.3 Å². The van der Waals surface area contributed by atoms with Crippen molar-refractivity contribution < 1.29 is 0 Å². The molecule has 0 spiro atoms. The molecule has 0 radical (unpaired) electrons. The zero-order valence-electron chi connectivity index (χ0n) is 9.93. The first-order valence-electron chi connectivity index (χ1n) is 5.68. The van der Waals surface area contributed by atoms with Crippen LogP contribution in [0, 0.1) is 0 Å². The molecule has 0 atom stereocenters. The van der Waals surface area contributed by atoms with Gasteiger partial charge in [0.2, 0.25) is 0 Å². The van der Waals surface area contributed by atoms with Gasteiger partial charge in [-0.25, -0.2) is 0 Å². The van der Waals surface area contributed by atoms with Gasteiger partial charge in [-0.15, -0.1) is 10.2 Å². The lowest BCUT2D eigenvalue weighted by atomic mass is 10.2. The summed E-state index contributed by atoms with van der Waals surface area (Å²) in [4.78, 5) is 0. The minimum Gasteiger partial charge on any atom is -0.137 e. The van der Waals surface area contributed by atoms with E-state index < -0.39 is 0 Å². The van der Waals surface area contributed by atoms with E-state index in [0.717, 1.165) is 25.7 Å². The molecular weight excluding hydrogens is 304 g/mol. The van der Waals surface area contributed by atoms with E-state index in [2.05, 4.69) is 17.1 Å². The molecule has 0 saturated carbocycles. The highest BCUT2D eigenvalue weighted by Gasteiger charge is 2.07. The fraction of sp³-hybridized carbons (Fsp3) is 0.333. The Kier molecular flexibility index (Phi) is 5.82. The Labute approximate surface area is 124 Å². The van der Waals surface area contributed by atoms with E-state index in [1.54, 1.807) is 22.1 Å². The molecule has 0 amide bonds. The summed E-state index contributed by atoms with van der Waals surface area (Å²) in [6.45, 7) is 2.20. The molecule has 1 heterocycles. The first-order valence-corrected chi connectivity index (χ1v) is 9.20. The van der Waals surface area contributed by atoms with Crippen LogP contribution in [0.1, 0.15) is 19.8 Å². The van der Waals surface area contributed by atoms with Gasteiger partial charge < -0.3 is 0 Å². The van der Waals surface area contributed by atoms with E-state index in [4.69, 9.17) is 11.6 Å². The van der Waals surface area contributed by atoms with Gasteiger partial charge in [0.1, 0.15) is 5.01 Å². The summed E-state index contributed by atoms with van der Waals surface area (Å²) < 4.78 is 1.01. The molecule has 2 aromatic rings. The van der Waals surface area contributed by atoms with Crippen LogP contribution < -0.4 is 0 Å². The lowest BCUT2D eigenvalue weighted by Gasteiger charge is -1.95. The summed E-state index contributed by atoms with van der Waals surface area (Å²) in [5.41, 5.74) is 1.07. The van der Waals surface area contributed by atoms with Crippen molar-refractivity contribution in [2.24, 2.45) is 0 Å². The van der Waals surface area contributed by atoms with Gasteiger partial charge in [0.25, 0.3) is 0 Å².